The van der Waals surface area contributed by atoms with E-state index in [4.69, 9.17) is 0 Å². The lowest BCUT2D eigenvalue weighted by atomic mass is 9.99. The van der Waals surface area contributed by atoms with Crippen LogP contribution < -0.4 is 5.32 Å². The van der Waals surface area contributed by atoms with Crippen LogP contribution in [0, 0.1) is 13.8 Å². The van der Waals surface area contributed by atoms with Crippen molar-refractivity contribution >= 4 is 15.9 Å². The molecular weight excluding hydrogens is 328 g/mol. The van der Waals surface area contributed by atoms with Gasteiger partial charge in [-0.05, 0) is 60.7 Å². The van der Waals surface area contributed by atoms with E-state index in [1.54, 1.807) is 0 Å². The zero-order valence-electron chi connectivity index (χ0n) is 12.7. The van der Waals surface area contributed by atoms with Gasteiger partial charge in [0.1, 0.15) is 0 Å². The van der Waals surface area contributed by atoms with Gasteiger partial charge < -0.3 is 5.32 Å². The third-order valence-corrected chi connectivity index (χ3v) is 4.53. The van der Waals surface area contributed by atoms with Gasteiger partial charge in [-0.15, -0.1) is 0 Å². The molecule has 5 heteroatoms. The van der Waals surface area contributed by atoms with Crippen LogP contribution in [0.4, 0.5) is 0 Å². The van der Waals surface area contributed by atoms with E-state index in [2.05, 4.69) is 52.1 Å². The van der Waals surface area contributed by atoms with Crippen LogP contribution in [0.15, 0.2) is 22.8 Å². The largest absolute Gasteiger partial charge is 0.313 e. The molecule has 0 aliphatic heterocycles. The van der Waals surface area contributed by atoms with Crippen molar-refractivity contribution < 1.29 is 0 Å². The van der Waals surface area contributed by atoms with Gasteiger partial charge in [0.05, 0.1) is 5.69 Å². The molecule has 0 saturated heterocycles. The fourth-order valence-electron chi connectivity index (χ4n) is 2.82. The standard InChI is InChI=1S/C16H21BrN4/c1-10(8-18-14-5-6-14)16-11(2)20-21(12(16)3)15-7-4-13(17)9-19-15/h4,7,9-10,14,18H,5-6,8H2,1-3H3. The summed E-state index contributed by atoms with van der Waals surface area (Å²) in [7, 11) is 0. The minimum atomic E-state index is 0.467. The fourth-order valence-corrected chi connectivity index (χ4v) is 3.05. The first kappa shape index (κ1) is 14.7. The van der Waals surface area contributed by atoms with E-state index in [0.717, 1.165) is 28.6 Å². The molecule has 2 aromatic heterocycles. The smallest absolute Gasteiger partial charge is 0.153 e. The second kappa shape index (κ2) is 5.89. The molecule has 2 aromatic rings. The molecule has 1 aliphatic carbocycles. The van der Waals surface area contributed by atoms with Crippen molar-refractivity contribution in [2.24, 2.45) is 0 Å². The van der Waals surface area contributed by atoms with Crippen LogP contribution in [0.2, 0.25) is 0 Å². The number of nitrogens with one attached hydrogen (secondary N) is 1. The highest BCUT2D eigenvalue weighted by atomic mass is 79.9. The molecular formula is C16H21BrN4. The van der Waals surface area contributed by atoms with Gasteiger partial charge in [0.25, 0.3) is 0 Å². The Balaban J connectivity index is 1.86. The summed E-state index contributed by atoms with van der Waals surface area (Å²) in [6, 6.07) is 4.73. The van der Waals surface area contributed by atoms with Crippen LogP contribution in [-0.2, 0) is 0 Å². The highest BCUT2D eigenvalue weighted by molar-refractivity contribution is 9.10. The van der Waals surface area contributed by atoms with Crippen LogP contribution in [0.3, 0.4) is 0 Å². The molecule has 1 fully saturated rings. The van der Waals surface area contributed by atoms with E-state index < -0.39 is 0 Å². The molecule has 112 valence electrons. The minimum Gasteiger partial charge on any atom is -0.313 e. The van der Waals surface area contributed by atoms with Crippen molar-refractivity contribution in [3.8, 4) is 5.82 Å². The first-order valence-electron chi connectivity index (χ1n) is 7.47. The van der Waals surface area contributed by atoms with Gasteiger partial charge in [-0.1, -0.05) is 6.92 Å². The maximum atomic E-state index is 4.68. The van der Waals surface area contributed by atoms with E-state index in [9.17, 15) is 0 Å². The van der Waals surface area contributed by atoms with Crippen molar-refractivity contribution in [3.05, 3.63) is 39.8 Å². The molecule has 0 aromatic carbocycles. The van der Waals surface area contributed by atoms with Gasteiger partial charge in [0.15, 0.2) is 5.82 Å². The van der Waals surface area contributed by atoms with E-state index in [1.807, 2.05) is 23.0 Å². The highest BCUT2D eigenvalue weighted by Gasteiger charge is 2.23. The summed E-state index contributed by atoms with van der Waals surface area (Å²) in [6.07, 6.45) is 4.46. The average molecular weight is 349 g/mol. The molecule has 2 heterocycles. The SMILES string of the molecule is Cc1nn(-c2ccc(Br)cn2)c(C)c1C(C)CNC1CC1. The number of hydrogen-bond acceptors (Lipinski definition) is 3. The van der Waals surface area contributed by atoms with Crippen molar-refractivity contribution in [3.63, 3.8) is 0 Å². The third kappa shape index (κ3) is 3.19. The van der Waals surface area contributed by atoms with Crippen LogP contribution in [-0.4, -0.2) is 27.4 Å². The number of pyridine rings is 1. The number of nitrogens with zero attached hydrogens (tertiary/aromatic N) is 3. The molecule has 1 saturated carbocycles. The Morgan fingerprint density at radius 3 is 2.76 bits per heavy atom. The summed E-state index contributed by atoms with van der Waals surface area (Å²) < 4.78 is 2.93. The zero-order chi connectivity index (χ0) is 15.0. The molecule has 0 amide bonds. The molecule has 1 N–H and O–H groups in total. The molecule has 0 bridgehead atoms. The molecule has 0 radical (unpaired) electrons. The molecule has 1 aliphatic rings. The Morgan fingerprint density at radius 1 is 1.38 bits per heavy atom. The molecule has 4 nitrogen and oxygen atoms in total. The zero-order valence-corrected chi connectivity index (χ0v) is 14.3. The predicted molar refractivity (Wildman–Crippen MR) is 88.0 cm³/mol. The van der Waals surface area contributed by atoms with Crippen LogP contribution in [0.1, 0.15) is 42.6 Å². The van der Waals surface area contributed by atoms with E-state index in [0.29, 0.717) is 5.92 Å². The first-order chi connectivity index (χ1) is 10.1. The summed E-state index contributed by atoms with van der Waals surface area (Å²) in [5.74, 6) is 1.34. The number of aromatic nitrogens is 3. The summed E-state index contributed by atoms with van der Waals surface area (Å²) in [4.78, 5) is 4.45. The number of halogens is 1. The Labute approximate surface area is 134 Å². The highest BCUT2D eigenvalue weighted by Crippen LogP contribution is 2.26. The number of hydrogen-bond donors (Lipinski definition) is 1. The quantitative estimate of drug-likeness (QED) is 0.898. The van der Waals surface area contributed by atoms with Gasteiger partial charge in [0, 0.05) is 34.5 Å². The van der Waals surface area contributed by atoms with Crippen molar-refractivity contribution in [1.82, 2.24) is 20.1 Å². The maximum absolute atomic E-state index is 4.68. The fraction of sp³-hybridized carbons (Fsp3) is 0.500. The van der Waals surface area contributed by atoms with Crippen molar-refractivity contribution in [2.75, 3.05) is 6.54 Å². The lowest BCUT2D eigenvalue weighted by Gasteiger charge is -2.13. The van der Waals surface area contributed by atoms with E-state index >= 15 is 0 Å². The van der Waals surface area contributed by atoms with E-state index in [-0.39, 0.29) is 0 Å². The Kier molecular flexibility index (Phi) is 4.13. The van der Waals surface area contributed by atoms with E-state index in [1.165, 1.54) is 24.1 Å². The Morgan fingerprint density at radius 2 is 2.14 bits per heavy atom. The van der Waals surface area contributed by atoms with Crippen molar-refractivity contribution in [1.29, 1.82) is 0 Å². The molecule has 1 unspecified atom stereocenters. The van der Waals surface area contributed by atoms with Gasteiger partial charge in [0.2, 0.25) is 0 Å². The normalized spacial score (nSPS) is 16.2. The van der Waals surface area contributed by atoms with Gasteiger partial charge >= 0.3 is 0 Å². The Hall–Kier alpha value is -1.20. The van der Waals surface area contributed by atoms with Gasteiger partial charge in [-0.25, -0.2) is 9.67 Å². The molecule has 0 spiro atoms. The van der Waals surface area contributed by atoms with Crippen molar-refractivity contribution in [2.45, 2.75) is 45.6 Å². The number of rotatable bonds is 5. The second-order valence-electron chi connectivity index (χ2n) is 5.91. The minimum absolute atomic E-state index is 0.467. The van der Waals surface area contributed by atoms with Gasteiger partial charge in [-0.3, -0.25) is 0 Å². The topological polar surface area (TPSA) is 42.7 Å². The first-order valence-corrected chi connectivity index (χ1v) is 8.27. The Bertz CT molecular complexity index is 628. The average Bonchev–Trinajstić information content (AvgIpc) is 3.23. The van der Waals surface area contributed by atoms with Crippen LogP contribution in [0.25, 0.3) is 5.82 Å². The summed E-state index contributed by atoms with van der Waals surface area (Å²) in [6.45, 7) is 7.51. The lowest BCUT2D eigenvalue weighted by molar-refractivity contribution is 0.607. The summed E-state index contributed by atoms with van der Waals surface area (Å²) >= 11 is 3.42. The predicted octanol–water partition coefficient (Wildman–Crippen LogP) is 3.50. The molecule has 3 rings (SSSR count). The summed E-state index contributed by atoms with van der Waals surface area (Å²) in [5, 5.41) is 8.29. The number of aryl methyl sites for hydroxylation is 1. The van der Waals surface area contributed by atoms with Gasteiger partial charge in [-0.2, -0.15) is 5.10 Å². The lowest BCUT2D eigenvalue weighted by Crippen LogP contribution is -2.22. The third-order valence-electron chi connectivity index (χ3n) is 4.06. The second-order valence-corrected chi connectivity index (χ2v) is 6.83. The maximum Gasteiger partial charge on any atom is 0.153 e. The van der Waals surface area contributed by atoms with Crippen LogP contribution >= 0.6 is 15.9 Å². The molecule has 1 atom stereocenters. The molecule has 21 heavy (non-hydrogen) atoms. The monoisotopic (exact) mass is 348 g/mol. The van der Waals surface area contributed by atoms with Crippen LogP contribution in [0.5, 0.6) is 0 Å². The summed E-state index contributed by atoms with van der Waals surface area (Å²) in [5.41, 5.74) is 3.63.